The smallest absolute Gasteiger partial charge is 0.246 e. The highest BCUT2D eigenvalue weighted by Crippen LogP contribution is 2.25. The zero-order valence-corrected chi connectivity index (χ0v) is 13.6. The van der Waals surface area contributed by atoms with Gasteiger partial charge in [0.25, 0.3) is 0 Å². The summed E-state index contributed by atoms with van der Waals surface area (Å²) < 4.78 is 25.1. The van der Waals surface area contributed by atoms with Crippen LogP contribution in [0.4, 0.5) is 0 Å². The van der Waals surface area contributed by atoms with E-state index in [4.69, 9.17) is 11.6 Å². The van der Waals surface area contributed by atoms with Crippen molar-refractivity contribution in [2.24, 2.45) is 0 Å². The third-order valence-electron chi connectivity index (χ3n) is 3.45. The topological polar surface area (TPSA) is 54.5 Å². The molecule has 0 saturated carbocycles. The maximum absolute atomic E-state index is 12.5. The SMILES string of the molecule is CC(C)=CC(=O)N1CCC(S(=O)(=O)c2ccc(Cl)cc2)C1. The van der Waals surface area contributed by atoms with Crippen molar-refractivity contribution in [3.05, 3.63) is 40.9 Å². The Labute approximate surface area is 130 Å². The molecule has 0 radical (unpaired) electrons. The van der Waals surface area contributed by atoms with Gasteiger partial charge in [-0.25, -0.2) is 8.42 Å². The number of benzene rings is 1. The highest BCUT2D eigenvalue weighted by molar-refractivity contribution is 7.92. The lowest BCUT2D eigenvalue weighted by molar-refractivity contribution is -0.125. The fourth-order valence-corrected chi connectivity index (χ4v) is 4.15. The summed E-state index contributed by atoms with van der Waals surface area (Å²) in [4.78, 5) is 13.8. The first kappa shape index (κ1) is 16.0. The molecule has 0 bridgehead atoms. The van der Waals surface area contributed by atoms with Gasteiger partial charge in [-0.1, -0.05) is 17.2 Å². The molecule has 0 spiro atoms. The van der Waals surface area contributed by atoms with E-state index in [1.54, 1.807) is 17.0 Å². The lowest BCUT2D eigenvalue weighted by Gasteiger charge is -2.15. The zero-order chi connectivity index (χ0) is 15.6. The van der Waals surface area contributed by atoms with Gasteiger partial charge >= 0.3 is 0 Å². The van der Waals surface area contributed by atoms with Gasteiger partial charge in [-0.15, -0.1) is 0 Å². The number of hydrogen-bond donors (Lipinski definition) is 0. The van der Waals surface area contributed by atoms with Crippen LogP contribution in [0, 0.1) is 0 Å². The lowest BCUT2D eigenvalue weighted by Crippen LogP contribution is -2.30. The highest BCUT2D eigenvalue weighted by Gasteiger charge is 2.35. The molecule has 0 N–H and O–H groups in total. The lowest BCUT2D eigenvalue weighted by atomic mass is 10.3. The van der Waals surface area contributed by atoms with Crippen LogP contribution in [0.1, 0.15) is 20.3 Å². The van der Waals surface area contributed by atoms with Crippen LogP contribution in [0.15, 0.2) is 40.8 Å². The Morgan fingerprint density at radius 1 is 1.29 bits per heavy atom. The number of carbonyl (C=O) groups excluding carboxylic acids is 1. The number of hydrogen-bond acceptors (Lipinski definition) is 3. The molecule has 4 nitrogen and oxygen atoms in total. The van der Waals surface area contributed by atoms with E-state index in [2.05, 4.69) is 0 Å². The molecule has 2 rings (SSSR count). The van der Waals surface area contributed by atoms with Gasteiger partial charge in [0, 0.05) is 24.2 Å². The summed E-state index contributed by atoms with van der Waals surface area (Å²) in [5, 5.41) is -0.0473. The highest BCUT2D eigenvalue weighted by atomic mass is 35.5. The van der Waals surface area contributed by atoms with Crippen LogP contribution in [-0.4, -0.2) is 37.6 Å². The van der Waals surface area contributed by atoms with Crippen LogP contribution >= 0.6 is 11.6 Å². The van der Waals surface area contributed by atoms with E-state index < -0.39 is 15.1 Å². The van der Waals surface area contributed by atoms with Crippen LogP contribution in [0.5, 0.6) is 0 Å². The Kier molecular flexibility index (Phi) is 4.74. The Bertz CT molecular complexity index is 661. The number of halogens is 1. The summed E-state index contributed by atoms with van der Waals surface area (Å²) >= 11 is 5.78. The van der Waals surface area contributed by atoms with Crippen molar-refractivity contribution in [2.45, 2.75) is 30.4 Å². The molecule has 21 heavy (non-hydrogen) atoms. The molecule has 1 aliphatic heterocycles. The van der Waals surface area contributed by atoms with E-state index >= 15 is 0 Å². The Morgan fingerprint density at radius 2 is 1.90 bits per heavy atom. The fourth-order valence-electron chi connectivity index (χ4n) is 2.34. The fraction of sp³-hybridized carbons (Fsp3) is 0.400. The quantitative estimate of drug-likeness (QED) is 0.802. The van der Waals surface area contributed by atoms with Crippen LogP contribution < -0.4 is 0 Å². The average Bonchev–Trinajstić information content (AvgIpc) is 2.88. The van der Waals surface area contributed by atoms with Crippen molar-refractivity contribution in [1.29, 1.82) is 0 Å². The van der Waals surface area contributed by atoms with E-state index in [0.717, 1.165) is 5.57 Å². The van der Waals surface area contributed by atoms with Crippen molar-refractivity contribution >= 4 is 27.3 Å². The van der Waals surface area contributed by atoms with Gasteiger partial charge in [-0.05, 0) is 44.5 Å². The molecular weight excluding hydrogens is 310 g/mol. The molecule has 1 atom stereocenters. The summed E-state index contributed by atoms with van der Waals surface area (Å²) in [6.07, 6.45) is 2.00. The molecule has 114 valence electrons. The maximum Gasteiger partial charge on any atom is 0.246 e. The van der Waals surface area contributed by atoms with Crippen molar-refractivity contribution < 1.29 is 13.2 Å². The van der Waals surface area contributed by atoms with Crippen molar-refractivity contribution in [3.63, 3.8) is 0 Å². The molecule has 1 aliphatic rings. The molecule has 1 fully saturated rings. The van der Waals surface area contributed by atoms with Crippen molar-refractivity contribution in [2.75, 3.05) is 13.1 Å². The normalized spacial score (nSPS) is 18.6. The van der Waals surface area contributed by atoms with Gasteiger partial charge < -0.3 is 4.90 Å². The molecule has 1 unspecified atom stereocenters. The average molecular weight is 328 g/mol. The van der Waals surface area contributed by atoms with Gasteiger partial charge in [-0.2, -0.15) is 0 Å². The van der Waals surface area contributed by atoms with Gasteiger partial charge in [-0.3, -0.25) is 4.79 Å². The molecule has 1 amide bonds. The zero-order valence-electron chi connectivity index (χ0n) is 12.0. The summed E-state index contributed by atoms with van der Waals surface area (Å²) in [5.41, 5.74) is 0.906. The molecule has 6 heteroatoms. The molecule has 1 aromatic rings. The minimum Gasteiger partial charge on any atom is -0.338 e. The van der Waals surface area contributed by atoms with Crippen molar-refractivity contribution in [1.82, 2.24) is 4.90 Å². The van der Waals surface area contributed by atoms with Crippen LogP contribution in [0.3, 0.4) is 0 Å². The summed E-state index contributed by atoms with van der Waals surface area (Å²) in [5.74, 6) is -0.121. The summed E-state index contributed by atoms with van der Waals surface area (Å²) in [6.45, 7) is 4.40. The molecular formula is C15H18ClNO3S. The Balaban J connectivity index is 2.15. The third kappa shape index (κ3) is 3.66. The number of nitrogens with zero attached hydrogens (tertiary/aromatic N) is 1. The predicted octanol–water partition coefficient (Wildman–Crippen LogP) is 2.68. The largest absolute Gasteiger partial charge is 0.338 e. The minimum atomic E-state index is -3.42. The molecule has 0 aliphatic carbocycles. The number of likely N-dealkylation sites (tertiary alicyclic amines) is 1. The summed E-state index contributed by atoms with van der Waals surface area (Å²) in [7, 11) is -3.42. The first-order chi connectivity index (χ1) is 9.80. The number of allylic oxidation sites excluding steroid dienone is 1. The second-order valence-electron chi connectivity index (χ2n) is 5.42. The number of amides is 1. The van der Waals surface area contributed by atoms with E-state index in [-0.39, 0.29) is 17.3 Å². The van der Waals surface area contributed by atoms with Crippen LogP contribution in [0.25, 0.3) is 0 Å². The first-order valence-electron chi connectivity index (χ1n) is 6.74. The van der Waals surface area contributed by atoms with Gasteiger partial charge in [0.15, 0.2) is 9.84 Å². The molecule has 1 aromatic carbocycles. The molecule has 1 heterocycles. The monoisotopic (exact) mass is 327 g/mol. The van der Waals surface area contributed by atoms with E-state index in [1.807, 2.05) is 13.8 Å². The van der Waals surface area contributed by atoms with Crippen LogP contribution in [0.2, 0.25) is 5.02 Å². The Morgan fingerprint density at radius 3 is 2.48 bits per heavy atom. The van der Waals surface area contributed by atoms with Crippen LogP contribution in [-0.2, 0) is 14.6 Å². The number of carbonyl (C=O) groups is 1. The van der Waals surface area contributed by atoms with Crippen molar-refractivity contribution in [3.8, 4) is 0 Å². The van der Waals surface area contributed by atoms with Gasteiger partial charge in [0.05, 0.1) is 10.1 Å². The van der Waals surface area contributed by atoms with E-state index in [0.29, 0.717) is 18.0 Å². The maximum atomic E-state index is 12.5. The van der Waals surface area contributed by atoms with Gasteiger partial charge in [0.1, 0.15) is 0 Å². The number of rotatable bonds is 3. The molecule has 0 aromatic heterocycles. The van der Waals surface area contributed by atoms with E-state index in [9.17, 15) is 13.2 Å². The molecule has 1 saturated heterocycles. The van der Waals surface area contributed by atoms with E-state index in [1.165, 1.54) is 18.2 Å². The third-order valence-corrected chi connectivity index (χ3v) is 5.89. The Hall–Kier alpha value is -1.33. The minimum absolute atomic E-state index is 0.121. The second kappa shape index (κ2) is 6.20. The number of sulfone groups is 1. The second-order valence-corrected chi connectivity index (χ2v) is 8.08. The first-order valence-corrected chi connectivity index (χ1v) is 8.66. The standard InChI is InChI=1S/C15H18ClNO3S/c1-11(2)9-15(18)17-8-7-14(10-17)21(19,20)13-5-3-12(16)4-6-13/h3-6,9,14H,7-8,10H2,1-2H3. The van der Waals surface area contributed by atoms with Gasteiger partial charge in [0.2, 0.25) is 5.91 Å². The summed E-state index contributed by atoms with van der Waals surface area (Å²) in [6, 6.07) is 6.15. The predicted molar refractivity (Wildman–Crippen MR) is 83.1 cm³/mol.